The summed E-state index contributed by atoms with van der Waals surface area (Å²) in [5.41, 5.74) is 4.08. The minimum Gasteiger partial charge on any atom is -0.609 e. The van der Waals surface area contributed by atoms with Crippen LogP contribution in [0.5, 0.6) is 0 Å². The lowest BCUT2D eigenvalue weighted by atomic mass is 10.1. The van der Waals surface area contributed by atoms with Gasteiger partial charge >= 0.3 is 11.3 Å². The first-order chi connectivity index (χ1) is 15.3. The highest BCUT2D eigenvalue weighted by atomic mass is 32.2. The molecular formula is C23H17F3N4OS. The predicted molar refractivity (Wildman–Crippen MR) is 117 cm³/mol. The molecule has 3 heterocycles. The molecule has 0 aliphatic heterocycles. The standard InChI is InChI=1S/C23H17F3N4OS/c1-14-7-8-18-19(10-14)29-22(28-18)32(31)13-16-5-3-9-30-20(12-27-21(16)30)15-4-2-6-17(11-15)23(24,25)26/h2-12H,13H2,1H3,(H,28,29). The summed E-state index contributed by atoms with van der Waals surface area (Å²) < 4.78 is 54.1. The van der Waals surface area contributed by atoms with E-state index in [1.165, 1.54) is 12.3 Å². The van der Waals surface area contributed by atoms with Gasteiger partial charge in [-0.1, -0.05) is 18.2 Å². The normalized spacial score (nSPS) is 13.2. The van der Waals surface area contributed by atoms with E-state index in [2.05, 4.69) is 15.0 Å². The second-order valence-corrected chi connectivity index (χ2v) is 8.87. The third kappa shape index (κ3) is 3.74. The van der Waals surface area contributed by atoms with Gasteiger partial charge in [0.25, 0.3) is 0 Å². The zero-order chi connectivity index (χ0) is 22.5. The summed E-state index contributed by atoms with van der Waals surface area (Å²) in [4.78, 5) is 11.9. The summed E-state index contributed by atoms with van der Waals surface area (Å²) in [6.45, 7) is 1.96. The molecule has 0 spiro atoms. The number of fused-ring (bicyclic) bond motifs is 2. The Kier molecular flexibility index (Phi) is 4.94. The Labute approximate surface area is 184 Å². The summed E-state index contributed by atoms with van der Waals surface area (Å²) in [5.74, 6) is 0.169. The third-order valence-corrected chi connectivity index (χ3v) is 6.42. The highest BCUT2D eigenvalue weighted by Crippen LogP contribution is 2.32. The lowest BCUT2D eigenvalue weighted by Gasteiger charge is -2.10. The van der Waals surface area contributed by atoms with Crippen molar-refractivity contribution in [3.8, 4) is 11.3 Å². The summed E-state index contributed by atoms with van der Waals surface area (Å²) >= 11 is -1.45. The van der Waals surface area contributed by atoms with Crippen LogP contribution in [-0.4, -0.2) is 23.9 Å². The fourth-order valence-electron chi connectivity index (χ4n) is 3.66. The molecule has 1 atom stereocenters. The maximum Gasteiger partial charge on any atom is 0.416 e. The van der Waals surface area contributed by atoms with E-state index in [4.69, 9.17) is 0 Å². The topological polar surface area (TPSA) is 69.0 Å². The van der Waals surface area contributed by atoms with E-state index >= 15 is 0 Å². The number of H-pyrrole nitrogens is 1. The molecule has 5 aromatic rings. The minimum atomic E-state index is -4.43. The molecule has 1 unspecified atom stereocenters. The van der Waals surface area contributed by atoms with Crippen LogP contribution < -0.4 is 0 Å². The van der Waals surface area contributed by atoms with Crippen LogP contribution in [0.3, 0.4) is 0 Å². The predicted octanol–water partition coefficient (Wildman–Crippen LogP) is 5.51. The third-order valence-electron chi connectivity index (χ3n) is 5.22. The van der Waals surface area contributed by atoms with Gasteiger partial charge in [0, 0.05) is 28.5 Å². The molecule has 2 aromatic carbocycles. The molecule has 32 heavy (non-hydrogen) atoms. The number of nitrogens with one attached hydrogen (secondary N) is 1. The van der Waals surface area contributed by atoms with Gasteiger partial charge < -0.3 is 4.55 Å². The van der Waals surface area contributed by atoms with Crippen LogP contribution in [0.1, 0.15) is 16.7 Å². The Bertz CT molecular complexity index is 1440. The smallest absolute Gasteiger partial charge is 0.416 e. The van der Waals surface area contributed by atoms with E-state index < -0.39 is 22.9 Å². The van der Waals surface area contributed by atoms with Crippen molar-refractivity contribution in [2.75, 3.05) is 0 Å². The quantitative estimate of drug-likeness (QED) is 0.364. The number of hydrogen-bond acceptors (Lipinski definition) is 3. The number of aryl methyl sites for hydroxylation is 1. The number of benzene rings is 2. The number of rotatable bonds is 4. The van der Waals surface area contributed by atoms with E-state index in [0.29, 0.717) is 27.6 Å². The molecule has 1 N–H and O–H groups in total. The number of aromatic amines is 1. The summed E-state index contributed by atoms with van der Waals surface area (Å²) in [6, 6.07) is 14.5. The van der Waals surface area contributed by atoms with Crippen LogP contribution in [0, 0.1) is 6.92 Å². The van der Waals surface area contributed by atoms with Gasteiger partial charge in [-0.15, -0.1) is 0 Å². The van der Waals surface area contributed by atoms with Gasteiger partial charge in [-0.2, -0.15) is 18.2 Å². The van der Waals surface area contributed by atoms with Crippen molar-refractivity contribution in [2.24, 2.45) is 0 Å². The van der Waals surface area contributed by atoms with Crippen LogP contribution >= 0.6 is 0 Å². The molecule has 0 aliphatic carbocycles. The Morgan fingerprint density at radius 3 is 2.75 bits per heavy atom. The van der Waals surface area contributed by atoms with Crippen molar-refractivity contribution in [3.63, 3.8) is 0 Å². The second kappa shape index (κ2) is 7.68. The van der Waals surface area contributed by atoms with Crippen molar-refractivity contribution >= 4 is 27.9 Å². The van der Waals surface area contributed by atoms with E-state index in [0.717, 1.165) is 28.7 Å². The van der Waals surface area contributed by atoms with Gasteiger partial charge in [0.15, 0.2) is 0 Å². The van der Waals surface area contributed by atoms with E-state index in [-0.39, 0.29) is 5.75 Å². The molecule has 0 bridgehead atoms. The van der Waals surface area contributed by atoms with Crippen LogP contribution in [0.25, 0.3) is 27.9 Å². The first-order valence-corrected chi connectivity index (χ1v) is 11.1. The lowest BCUT2D eigenvalue weighted by molar-refractivity contribution is -0.137. The SMILES string of the molecule is Cc1ccc2[nH]c([S+]([O-])Cc3cccn4c(-c5cccc(C(F)(F)F)c5)cnc34)nc2c1. The molecule has 0 amide bonds. The van der Waals surface area contributed by atoms with Crippen molar-refractivity contribution in [3.05, 3.63) is 83.7 Å². The van der Waals surface area contributed by atoms with Gasteiger partial charge in [-0.3, -0.25) is 9.38 Å². The van der Waals surface area contributed by atoms with Crippen LogP contribution in [0.15, 0.2) is 72.1 Å². The highest BCUT2D eigenvalue weighted by Gasteiger charge is 2.30. The van der Waals surface area contributed by atoms with Crippen molar-refractivity contribution in [2.45, 2.75) is 24.0 Å². The molecule has 0 saturated carbocycles. The van der Waals surface area contributed by atoms with Crippen LogP contribution in [0.2, 0.25) is 0 Å². The number of nitrogens with zero attached hydrogens (tertiary/aromatic N) is 3. The van der Waals surface area contributed by atoms with Gasteiger partial charge in [0.05, 0.1) is 28.5 Å². The maximum atomic E-state index is 13.1. The Morgan fingerprint density at radius 1 is 1.09 bits per heavy atom. The molecular weight excluding hydrogens is 437 g/mol. The average molecular weight is 454 g/mol. The Morgan fingerprint density at radius 2 is 1.94 bits per heavy atom. The van der Waals surface area contributed by atoms with Crippen LogP contribution in [0.4, 0.5) is 13.2 Å². The van der Waals surface area contributed by atoms with E-state index in [1.54, 1.807) is 22.7 Å². The molecule has 0 saturated heterocycles. The summed E-state index contributed by atoms with van der Waals surface area (Å²) in [7, 11) is 0. The van der Waals surface area contributed by atoms with Crippen molar-refractivity contribution < 1.29 is 17.7 Å². The maximum absolute atomic E-state index is 13.1. The molecule has 5 rings (SSSR count). The van der Waals surface area contributed by atoms with E-state index in [1.807, 2.05) is 31.2 Å². The van der Waals surface area contributed by atoms with Gasteiger partial charge in [-0.25, -0.2) is 4.98 Å². The number of hydrogen-bond donors (Lipinski definition) is 1. The zero-order valence-corrected chi connectivity index (χ0v) is 17.7. The minimum absolute atomic E-state index is 0.169. The number of aromatic nitrogens is 4. The van der Waals surface area contributed by atoms with Crippen LogP contribution in [-0.2, 0) is 23.1 Å². The Balaban J connectivity index is 1.49. The van der Waals surface area contributed by atoms with E-state index in [9.17, 15) is 17.7 Å². The zero-order valence-electron chi connectivity index (χ0n) is 16.8. The number of halogens is 3. The molecule has 0 fully saturated rings. The first kappa shape index (κ1) is 20.6. The molecule has 0 aliphatic rings. The Hall–Kier alpha value is -3.30. The highest BCUT2D eigenvalue weighted by molar-refractivity contribution is 7.90. The van der Waals surface area contributed by atoms with Gasteiger partial charge in [0.1, 0.15) is 11.4 Å². The van der Waals surface area contributed by atoms with Gasteiger partial charge in [0.2, 0.25) is 0 Å². The molecule has 3 aromatic heterocycles. The number of imidazole rings is 2. The monoisotopic (exact) mass is 454 g/mol. The average Bonchev–Trinajstić information content (AvgIpc) is 3.38. The number of pyridine rings is 1. The molecule has 9 heteroatoms. The molecule has 0 radical (unpaired) electrons. The molecule has 5 nitrogen and oxygen atoms in total. The lowest BCUT2D eigenvalue weighted by Crippen LogP contribution is -2.08. The summed E-state index contributed by atoms with van der Waals surface area (Å²) in [5, 5.41) is 0.372. The largest absolute Gasteiger partial charge is 0.609 e. The van der Waals surface area contributed by atoms with Gasteiger partial charge in [-0.05, 0) is 48.9 Å². The number of alkyl halides is 3. The first-order valence-electron chi connectivity index (χ1n) is 9.77. The summed E-state index contributed by atoms with van der Waals surface area (Å²) in [6.07, 6.45) is -1.17. The second-order valence-electron chi connectivity index (χ2n) is 7.50. The van der Waals surface area contributed by atoms with Crippen molar-refractivity contribution in [1.82, 2.24) is 19.4 Å². The fourth-order valence-corrected chi connectivity index (χ4v) is 4.73. The molecule has 162 valence electrons. The van der Waals surface area contributed by atoms with Crippen molar-refractivity contribution in [1.29, 1.82) is 0 Å². The fraction of sp³-hybridized carbons (Fsp3) is 0.130.